The highest BCUT2D eigenvalue weighted by Gasteiger charge is 2.20. The van der Waals surface area contributed by atoms with Gasteiger partial charge in [-0.1, -0.05) is 22.0 Å². The Bertz CT molecular complexity index is 556. The van der Waals surface area contributed by atoms with Gasteiger partial charge in [0, 0.05) is 10.5 Å². The van der Waals surface area contributed by atoms with E-state index in [9.17, 15) is 0 Å². The molecule has 1 N–H and O–H groups in total. The summed E-state index contributed by atoms with van der Waals surface area (Å²) in [6.07, 6.45) is 6.32. The molecule has 1 aliphatic rings. The first kappa shape index (κ1) is 11.9. The van der Waals surface area contributed by atoms with Gasteiger partial charge in [-0.15, -0.1) is 0 Å². The van der Waals surface area contributed by atoms with Crippen molar-refractivity contribution in [2.24, 2.45) is 0 Å². The Labute approximate surface area is 115 Å². The summed E-state index contributed by atoms with van der Waals surface area (Å²) >= 11 is 3.54. The fraction of sp³-hybridized carbons (Fsp3) is 0.357. The van der Waals surface area contributed by atoms with Crippen molar-refractivity contribution in [1.29, 1.82) is 0 Å². The van der Waals surface area contributed by atoms with Gasteiger partial charge in [-0.3, -0.25) is 0 Å². The van der Waals surface area contributed by atoms with Gasteiger partial charge in [0.1, 0.15) is 0 Å². The molecule has 3 nitrogen and oxygen atoms in total. The molecule has 2 aromatic rings. The average molecular weight is 306 g/mol. The van der Waals surface area contributed by atoms with Crippen LogP contribution in [0.3, 0.4) is 0 Å². The van der Waals surface area contributed by atoms with E-state index in [4.69, 9.17) is 0 Å². The van der Waals surface area contributed by atoms with Gasteiger partial charge < -0.3 is 9.88 Å². The quantitative estimate of drug-likeness (QED) is 0.922. The van der Waals surface area contributed by atoms with Crippen molar-refractivity contribution in [3.63, 3.8) is 0 Å². The number of nitrogens with zero attached hydrogens (tertiary/aromatic N) is 2. The van der Waals surface area contributed by atoms with E-state index in [-0.39, 0.29) is 0 Å². The highest BCUT2D eigenvalue weighted by molar-refractivity contribution is 9.10. The largest absolute Gasteiger partial charge is 0.309 e. The molecule has 1 aromatic carbocycles. The molecule has 0 bridgehead atoms. The lowest BCUT2D eigenvalue weighted by molar-refractivity contribution is 0.614. The molecule has 1 atom stereocenters. The number of aryl methyl sites for hydroxylation is 1. The van der Waals surface area contributed by atoms with Crippen LogP contribution >= 0.6 is 15.9 Å². The van der Waals surface area contributed by atoms with E-state index >= 15 is 0 Å². The Morgan fingerprint density at radius 2 is 2.33 bits per heavy atom. The number of halogens is 1. The highest BCUT2D eigenvalue weighted by Crippen LogP contribution is 2.27. The monoisotopic (exact) mass is 305 g/mol. The van der Waals surface area contributed by atoms with Gasteiger partial charge >= 0.3 is 0 Å². The number of imidazole rings is 1. The van der Waals surface area contributed by atoms with Crippen LogP contribution in [-0.2, 0) is 0 Å². The van der Waals surface area contributed by atoms with Crippen molar-refractivity contribution < 1.29 is 0 Å². The SMILES string of the molecule is Cc1ccc(Br)cc1-n1cncc1C1CCCN1. The standard InChI is InChI=1S/C14H16BrN3/c1-10-4-5-11(15)7-13(10)18-9-16-8-14(18)12-3-2-6-17-12/h4-5,7-9,12,17H,2-3,6H2,1H3. The second-order valence-electron chi connectivity index (χ2n) is 4.77. The van der Waals surface area contributed by atoms with Crippen molar-refractivity contribution in [3.8, 4) is 5.69 Å². The molecule has 1 aliphatic heterocycles. The van der Waals surface area contributed by atoms with Crippen LogP contribution in [0.5, 0.6) is 0 Å². The van der Waals surface area contributed by atoms with Crippen LogP contribution in [0.25, 0.3) is 5.69 Å². The van der Waals surface area contributed by atoms with E-state index in [2.05, 4.69) is 55.9 Å². The Kier molecular flexibility index (Phi) is 3.22. The zero-order valence-corrected chi connectivity index (χ0v) is 11.9. The van der Waals surface area contributed by atoms with E-state index in [0.717, 1.165) is 11.0 Å². The normalized spacial score (nSPS) is 19.3. The minimum Gasteiger partial charge on any atom is -0.309 e. The predicted octanol–water partition coefficient (Wildman–Crippen LogP) is 3.37. The molecule has 0 spiro atoms. The molecule has 4 heteroatoms. The van der Waals surface area contributed by atoms with Gasteiger partial charge in [0.2, 0.25) is 0 Å². The third kappa shape index (κ3) is 2.10. The number of nitrogens with one attached hydrogen (secondary N) is 1. The molecule has 0 amide bonds. The van der Waals surface area contributed by atoms with Crippen LogP contribution in [0.4, 0.5) is 0 Å². The molecule has 94 valence electrons. The first-order valence-electron chi connectivity index (χ1n) is 6.28. The minimum atomic E-state index is 0.436. The molecule has 1 unspecified atom stereocenters. The summed E-state index contributed by atoms with van der Waals surface area (Å²) in [7, 11) is 0. The Morgan fingerprint density at radius 1 is 1.44 bits per heavy atom. The topological polar surface area (TPSA) is 29.9 Å². The van der Waals surface area contributed by atoms with Gasteiger partial charge in [0.05, 0.1) is 23.9 Å². The number of benzene rings is 1. The van der Waals surface area contributed by atoms with Gasteiger partial charge in [-0.05, 0) is 44.0 Å². The molecule has 0 aliphatic carbocycles. The van der Waals surface area contributed by atoms with E-state index < -0.39 is 0 Å². The summed E-state index contributed by atoms with van der Waals surface area (Å²) in [6, 6.07) is 6.79. The number of aromatic nitrogens is 2. The highest BCUT2D eigenvalue weighted by atomic mass is 79.9. The molecular formula is C14H16BrN3. The zero-order valence-electron chi connectivity index (χ0n) is 10.4. The summed E-state index contributed by atoms with van der Waals surface area (Å²) in [5.41, 5.74) is 3.72. The molecular weight excluding hydrogens is 290 g/mol. The molecule has 1 fully saturated rings. The maximum Gasteiger partial charge on any atom is 0.0994 e. The lowest BCUT2D eigenvalue weighted by Crippen LogP contribution is -2.16. The number of hydrogen-bond donors (Lipinski definition) is 1. The number of hydrogen-bond acceptors (Lipinski definition) is 2. The van der Waals surface area contributed by atoms with Crippen molar-refractivity contribution in [2.45, 2.75) is 25.8 Å². The van der Waals surface area contributed by atoms with Crippen LogP contribution in [0.15, 0.2) is 35.2 Å². The predicted molar refractivity (Wildman–Crippen MR) is 76.0 cm³/mol. The first-order valence-corrected chi connectivity index (χ1v) is 7.07. The number of rotatable bonds is 2. The smallest absolute Gasteiger partial charge is 0.0994 e. The third-order valence-corrected chi connectivity index (χ3v) is 4.01. The Morgan fingerprint density at radius 3 is 3.11 bits per heavy atom. The summed E-state index contributed by atoms with van der Waals surface area (Å²) in [6.45, 7) is 3.24. The molecule has 2 heterocycles. The van der Waals surface area contributed by atoms with Crippen molar-refractivity contribution >= 4 is 15.9 Å². The zero-order chi connectivity index (χ0) is 12.5. The van der Waals surface area contributed by atoms with Crippen molar-refractivity contribution in [2.75, 3.05) is 6.54 Å². The van der Waals surface area contributed by atoms with E-state index in [1.807, 2.05) is 12.5 Å². The first-order chi connectivity index (χ1) is 8.75. The summed E-state index contributed by atoms with van der Waals surface area (Å²) in [4.78, 5) is 4.32. The molecule has 1 aromatic heterocycles. The molecule has 0 radical (unpaired) electrons. The minimum absolute atomic E-state index is 0.436. The van der Waals surface area contributed by atoms with Crippen molar-refractivity contribution in [1.82, 2.24) is 14.9 Å². The van der Waals surface area contributed by atoms with Crippen LogP contribution < -0.4 is 5.32 Å². The van der Waals surface area contributed by atoms with Gasteiger partial charge in [-0.2, -0.15) is 0 Å². The molecule has 0 saturated carbocycles. The lowest BCUT2D eigenvalue weighted by Gasteiger charge is -2.16. The van der Waals surface area contributed by atoms with Crippen LogP contribution in [0.1, 0.15) is 30.1 Å². The second kappa shape index (κ2) is 4.86. The van der Waals surface area contributed by atoms with E-state index in [0.29, 0.717) is 6.04 Å². The van der Waals surface area contributed by atoms with Crippen LogP contribution in [-0.4, -0.2) is 16.1 Å². The maximum atomic E-state index is 4.32. The van der Waals surface area contributed by atoms with Crippen LogP contribution in [0, 0.1) is 6.92 Å². The second-order valence-corrected chi connectivity index (χ2v) is 5.68. The summed E-state index contributed by atoms with van der Waals surface area (Å²) < 4.78 is 3.30. The fourth-order valence-electron chi connectivity index (χ4n) is 2.54. The fourth-order valence-corrected chi connectivity index (χ4v) is 2.89. The van der Waals surface area contributed by atoms with Gasteiger partial charge in [0.25, 0.3) is 0 Å². The van der Waals surface area contributed by atoms with E-state index in [1.165, 1.54) is 29.8 Å². The van der Waals surface area contributed by atoms with Gasteiger partial charge in [0.15, 0.2) is 0 Å². The maximum absolute atomic E-state index is 4.32. The van der Waals surface area contributed by atoms with Crippen LogP contribution in [0.2, 0.25) is 0 Å². The Balaban J connectivity index is 2.06. The molecule has 1 saturated heterocycles. The third-order valence-electron chi connectivity index (χ3n) is 3.52. The molecule has 18 heavy (non-hydrogen) atoms. The van der Waals surface area contributed by atoms with Gasteiger partial charge in [-0.25, -0.2) is 4.98 Å². The van der Waals surface area contributed by atoms with Crippen molar-refractivity contribution in [3.05, 3.63) is 46.5 Å². The van der Waals surface area contributed by atoms with E-state index in [1.54, 1.807) is 0 Å². The Hall–Kier alpha value is -1.13. The summed E-state index contributed by atoms with van der Waals surface area (Å²) in [5, 5.41) is 3.53. The summed E-state index contributed by atoms with van der Waals surface area (Å²) in [5.74, 6) is 0. The average Bonchev–Trinajstić information content (AvgIpc) is 3.00. The lowest BCUT2D eigenvalue weighted by atomic mass is 10.1. The molecule has 3 rings (SSSR count).